The maximum Gasteiger partial charge on any atom is 0.251 e. The topological polar surface area (TPSA) is 61.2 Å². The first kappa shape index (κ1) is 12.5. The van der Waals surface area contributed by atoms with Crippen LogP contribution in [0.5, 0.6) is 0 Å². The van der Waals surface area contributed by atoms with E-state index >= 15 is 0 Å². The lowest BCUT2D eigenvalue weighted by molar-refractivity contribution is 0.590. The summed E-state index contributed by atoms with van der Waals surface area (Å²) in [6.07, 6.45) is 0. The molecule has 0 aliphatic carbocycles. The van der Waals surface area contributed by atoms with Crippen molar-refractivity contribution >= 4 is 15.7 Å². The summed E-state index contributed by atoms with van der Waals surface area (Å²) in [5.74, 6) is -0.442. The predicted molar refractivity (Wildman–Crippen MR) is 58.8 cm³/mol. The van der Waals surface area contributed by atoms with Gasteiger partial charge in [0, 0.05) is 7.05 Å². The van der Waals surface area contributed by atoms with Crippen LogP contribution in [0, 0.1) is 17.1 Å². The number of anilines is 1. The molecule has 0 aliphatic heterocycles. The molecular weight excluding hydrogens is 231 g/mol. The fraction of sp³-hybridized carbons (Fsp3) is 0.300. The molecule has 1 aromatic carbocycles. The monoisotopic (exact) mass is 242 g/mol. The second-order valence-electron chi connectivity index (χ2n) is 3.26. The van der Waals surface area contributed by atoms with Gasteiger partial charge in [-0.05, 0) is 31.2 Å². The van der Waals surface area contributed by atoms with E-state index in [2.05, 4.69) is 0 Å². The lowest BCUT2D eigenvalue weighted by atomic mass is 10.3. The maximum atomic E-state index is 12.7. The van der Waals surface area contributed by atoms with E-state index in [9.17, 15) is 12.8 Å². The van der Waals surface area contributed by atoms with Crippen LogP contribution in [0.2, 0.25) is 0 Å². The third-order valence-corrected chi connectivity index (χ3v) is 4.17. The van der Waals surface area contributed by atoms with Crippen LogP contribution in [0.3, 0.4) is 0 Å². The Morgan fingerprint density at radius 3 is 2.31 bits per heavy atom. The number of hydrogen-bond donors (Lipinski definition) is 0. The smallest absolute Gasteiger partial charge is 0.251 e. The molecule has 0 amide bonds. The lowest BCUT2D eigenvalue weighted by Crippen LogP contribution is -2.33. The number of benzene rings is 1. The van der Waals surface area contributed by atoms with Gasteiger partial charge in [-0.2, -0.15) is 5.26 Å². The normalized spacial score (nSPS) is 12.9. The van der Waals surface area contributed by atoms with Crippen LogP contribution in [-0.2, 0) is 10.0 Å². The zero-order valence-electron chi connectivity index (χ0n) is 8.88. The Labute approximate surface area is 94.0 Å². The third kappa shape index (κ3) is 2.31. The molecule has 6 heteroatoms. The molecule has 0 fully saturated rings. The Morgan fingerprint density at radius 2 is 1.88 bits per heavy atom. The molecular formula is C10H11FN2O2S. The molecule has 0 saturated heterocycles. The van der Waals surface area contributed by atoms with E-state index in [-0.39, 0.29) is 0 Å². The van der Waals surface area contributed by atoms with Crippen molar-refractivity contribution in [3.05, 3.63) is 30.1 Å². The first-order valence-corrected chi connectivity index (χ1v) is 6.03. The van der Waals surface area contributed by atoms with Crippen molar-refractivity contribution in [3.8, 4) is 6.07 Å². The molecule has 1 aromatic rings. The Balaban J connectivity index is 3.08. The van der Waals surface area contributed by atoms with Crippen molar-refractivity contribution in [2.75, 3.05) is 11.4 Å². The van der Waals surface area contributed by atoms with Crippen molar-refractivity contribution in [1.82, 2.24) is 0 Å². The summed E-state index contributed by atoms with van der Waals surface area (Å²) in [4.78, 5) is 0. The average molecular weight is 242 g/mol. The van der Waals surface area contributed by atoms with Gasteiger partial charge in [-0.3, -0.25) is 4.31 Å². The van der Waals surface area contributed by atoms with Gasteiger partial charge in [0.1, 0.15) is 5.82 Å². The number of halogens is 1. The highest BCUT2D eigenvalue weighted by molar-refractivity contribution is 7.93. The molecule has 0 spiro atoms. The molecule has 0 aromatic heterocycles. The van der Waals surface area contributed by atoms with Gasteiger partial charge in [0.2, 0.25) is 0 Å². The van der Waals surface area contributed by atoms with E-state index in [0.29, 0.717) is 5.69 Å². The fourth-order valence-corrected chi connectivity index (χ4v) is 2.12. The number of hydrogen-bond acceptors (Lipinski definition) is 3. The molecule has 0 bridgehead atoms. The van der Waals surface area contributed by atoms with Crippen LogP contribution in [0.1, 0.15) is 6.92 Å². The molecule has 0 saturated carbocycles. The second-order valence-corrected chi connectivity index (χ2v) is 5.54. The fourth-order valence-electron chi connectivity index (χ4n) is 1.10. The van der Waals surface area contributed by atoms with Crippen molar-refractivity contribution in [2.45, 2.75) is 12.2 Å². The van der Waals surface area contributed by atoms with Crippen LogP contribution in [0.25, 0.3) is 0 Å². The zero-order chi connectivity index (χ0) is 12.3. The minimum absolute atomic E-state index is 0.323. The standard InChI is InChI=1S/C10H11FN2O2S/c1-8(7-12)16(14,15)13(2)10-5-3-9(11)4-6-10/h3-6,8H,1-2H3. The van der Waals surface area contributed by atoms with Gasteiger partial charge in [-0.25, -0.2) is 12.8 Å². The van der Waals surface area contributed by atoms with E-state index < -0.39 is 21.1 Å². The van der Waals surface area contributed by atoms with Crippen molar-refractivity contribution in [3.63, 3.8) is 0 Å². The van der Waals surface area contributed by atoms with E-state index in [1.807, 2.05) is 0 Å². The largest absolute Gasteiger partial charge is 0.272 e. The zero-order valence-corrected chi connectivity index (χ0v) is 9.70. The predicted octanol–water partition coefficient (Wildman–Crippen LogP) is 1.50. The highest BCUT2D eigenvalue weighted by Crippen LogP contribution is 2.18. The molecule has 0 N–H and O–H groups in total. The summed E-state index contributed by atoms with van der Waals surface area (Å²) in [6, 6.07) is 6.68. The van der Waals surface area contributed by atoms with Crippen LogP contribution in [0.15, 0.2) is 24.3 Å². The molecule has 0 radical (unpaired) electrons. The number of nitrogens with zero attached hydrogens (tertiary/aromatic N) is 2. The van der Waals surface area contributed by atoms with E-state index in [4.69, 9.17) is 5.26 Å². The van der Waals surface area contributed by atoms with Crippen molar-refractivity contribution < 1.29 is 12.8 Å². The van der Waals surface area contributed by atoms with Crippen molar-refractivity contribution in [2.24, 2.45) is 0 Å². The summed E-state index contributed by atoms with van der Waals surface area (Å²) in [5.41, 5.74) is 0.323. The van der Waals surface area contributed by atoms with Gasteiger partial charge in [-0.1, -0.05) is 0 Å². The molecule has 4 nitrogen and oxygen atoms in total. The summed E-state index contributed by atoms with van der Waals surface area (Å²) in [6.45, 7) is 1.30. The molecule has 86 valence electrons. The highest BCUT2D eigenvalue weighted by Gasteiger charge is 2.25. The summed E-state index contributed by atoms with van der Waals surface area (Å²) in [7, 11) is -2.38. The Bertz CT molecular complexity index is 505. The quantitative estimate of drug-likeness (QED) is 0.807. The van der Waals surface area contributed by atoms with Crippen molar-refractivity contribution in [1.29, 1.82) is 5.26 Å². The van der Waals surface area contributed by atoms with E-state index in [1.54, 1.807) is 6.07 Å². The van der Waals surface area contributed by atoms with Gasteiger partial charge in [-0.15, -0.1) is 0 Å². The number of rotatable bonds is 3. The van der Waals surface area contributed by atoms with Crippen LogP contribution < -0.4 is 4.31 Å². The molecule has 16 heavy (non-hydrogen) atoms. The molecule has 0 aliphatic rings. The summed E-state index contributed by atoms with van der Waals surface area (Å²) >= 11 is 0. The summed E-state index contributed by atoms with van der Waals surface area (Å²) < 4.78 is 37.1. The number of nitriles is 1. The Hall–Kier alpha value is -1.61. The van der Waals surface area contributed by atoms with E-state index in [1.165, 1.54) is 38.2 Å². The molecule has 1 atom stereocenters. The molecule has 1 rings (SSSR count). The first-order chi connectivity index (χ1) is 7.39. The van der Waals surface area contributed by atoms with Crippen LogP contribution >= 0.6 is 0 Å². The maximum absolute atomic E-state index is 12.7. The SMILES string of the molecule is CC(C#N)S(=O)(=O)N(C)c1ccc(F)cc1. The van der Waals surface area contributed by atoms with Gasteiger partial charge in [0.05, 0.1) is 11.8 Å². The minimum Gasteiger partial charge on any atom is -0.272 e. The molecule has 0 heterocycles. The van der Waals surface area contributed by atoms with Gasteiger partial charge in [0.15, 0.2) is 5.25 Å². The minimum atomic E-state index is -3.71. The van der Waals surface area contributed by atoms with Crippen LogP contribution in [0.4, 0.5) is 10.1 Å². The second kappa shape index (κ2) is 4.49. The Kier molecular flexibility index (Phi) is 3.50. The Morgan fingerprint density at radius 1 is 1.38 bits per heavy atom. The number of sulfonamides is 1. The average Bonchev–Trinajstić information content (AvgIpc) is 2.28. The molecule has 1 unspecified atom stereocenters. The highest BCUT2D eigenvalue weighted by atomic mass is 32.2. The lowest BCUT2D eigenvalue weighted by Gasteiger charge is -2.20. The van der Waals surface area contributed by atoms with Gasteiger partial charge in [0.25, 0.3) is 10.0 Å². The first-order valence-electron chi connectivity index (χ1n) is 4.52. The van der Waals surface area contributed by atoms with E-state index in [0.717, 1.165) is 4.31 Å². The van der Waals surface area contributed by atoms with Gasteiger partial charge >= 0.3 is 0 Å². The third-order valence-electron chi connectivity index (χ3n) is 2.20. The summed E-state index contributed by atoms with van der Waals surface area (Å²) in [5, 5.41) is 7.46. The van der Waals surface area contributed by atoms with Crippen LogP contribution in [-0.4, -0.2) is 20.7 Å². The van der Waals surface area contributed by atoms with Gasteiger partial charge < -0.3 is 0 Å².